The summed E-state index contributed by atoms with van der Waals surface area (Å²) in [6.07, 6.45) is 3.68. The van der Waals surface area contributed by atoms with Gasteiger partial charge in [-0.15, -0.1) is 0 Å². The second-order valence-electron chi connectivity index (χ2n) is 7.42. The van der Waals surface area contributed by atoms with Gasteiger partial charge in [-0.3, -0.25) is 0 Å². The van der Waals surface area contributed by atoms with Crippen LogP contribution < -0.4 is 9.64 Å². The first-order valence-electron chi connectivity index (χ1n) is 9.85. The van der Waals surface area contributed by atoms with Gasteiger partial charge in [-0.25, -0.2) is 14.3 Å². The normalized spacial score (nSPS) is 15.0. The smallest absolute Gasteiger partial charge is 0.416 e. The maximum absolute atomic E-state index is 11.9. The van der Waals surface area contributed by atoms with E-state index in [0.717, 1.165) is 49.1 Å². The maximum Gasteiger partial charge on any atom is 0.416 e. The lowest BCUT2D eigenvalue weighted by Crippen LogP contribution is -2.34. The zero-order valence-corrected chi connectivity index (χ0v) is 16.4. The minimum atomic E-state index is -1.03. The van der Waals surface area contributed by atoms with E-state index in [2.05, 4.69) is 9.88 Å². The first kappa shape index (κ1) is 19.3. The molecule has 1 saturated heterocycles. The highest BCUT2D eigenvalue weighted by Crippen LogP contribution is 2.31. The van der Waals surface area contributed by atoms with Crippen LogP contribution in [0.3, 0.4) is 0 Å². The molecule has 0 atom stereocenters. The highest BCUT2D eigenvalue weighted by atomic mass is 16.5. The number of hydrogen-bond donors (Lipinski definition) is 2. The number of carboxylic acid groups (broad SMARTS) is 1. The predicted octanol–water partition coefficient (Wildman–Crippen LogP) is 3.84. The van der Waals surface area contributed by atoms with Crippen LogP contribution in [0.25, 0.3) is 22.2 Å². The molecule has 152 valence electrons. The van der Waals surface area contributed by atoms with Gasteiger partial charge in [0.2, 0.25) is 0 Å². The third kappa shape index (κ3) is 3.78. The second kappa shape index (κ2) is 8.13. The Balaban J connectivity index is 1.61. The number of nitrogens with zero attached hydrogens (tertiary/aromatic N) is 3. The largest absolute Gasteiger partial charge is 0.497 e. The minimum Gasteiger partial charge on any atom is -0.497 e. The van der Waals surface area contributed by atoms with Crippen LogP contribution in [0, 0.1) is 5.92 Å². The Morgan fingerprint density at radius 2 is 2.00 bits per heavy atom. The van der Waals surface area contributed by atoms with Crippen molar-refractivity contribution in [2.75, 3.05) is 31.7 Å². The van der Waals surface area contributed by atoms with E-state index in [-0.39, 0.29) is 6.61 Å². The minimum absolute atomic E-state index is 0.251. The topological polar surface area (TPSA) is 87.8 Å². The lowest BCUT2D eigenvalue weighted by atomic mass is 9.94. The van der Waals surface area contributed by atoms with Gasteiger partial charge in [0.05, 0.1) is 18.3 Å². The van der Waals surface area contributed by atoms with Crippen molar-refractivity contribution in [2.24, 2.45) is 5.92 Å². The highest BCUT2D eigenvalue weighted by Gasteiger charge is 2.21. The van der Waals surface area contributed by atoms with Gasteiger partial charge in [0.25, 0.3) is 0 Å². The van der Waals surface area contributed by atoms with Gasteiger partial charge < -0.3 is 19.8 Å². The summed E-state index contributed by atoms with van der Waals surface area (Å²) in [6, 6.07) is 11.1. The number of aliphatic hydroxyl groups is 1. The summed E-state index contributed by atoms with van der Waals surface area (Å²) in [5.41, 5.74) is 1.95. The van der Waals surface area contributed by atoms with Crippen molar-refractivity contribution in [3.63, 3.8) is 0 Å². The maximum atomic E-state index is 11.9. The summed E-state index contributed by atoms with van der Waals surface area (Å²) in [4.78, 5) is 18.8. The standard InChI is InChI=1S/C22H25N3O4/c1-29-18-3-4-19-17(12-18)13-20(25(19)22(27)28)16-2-5-21(23-14-16)24-9-6-15(7-10-24)8-11-26/h2-5,12-15,26H,6-11H2,1H3,(H,27,28). The fourth-order valence-corrected chi connectivity index (χ4v) is 4.10. The molecule has 7 heteroatoms. The molecule has 2 aromatic heterocycles. The zero-order chi connectivity index (χ0) is 20.4. The molecule has 1 aliphatic rings. The molecule has 0 radical (unpaired) electrons. The van der Waals surface area contributed by atoms with Crippen LogP contribution in [0.15, 0.2) is 42.6 Å². The second-order valence-corrected chi connectivity index (χ2v) is 7.42. The number of rotatable bonds is 5. The average Bonchev–Trinajstić information content (AvgIpc) is 3.13. The first-order chi connectivity index (χ1) is 14.1. The number of aromatic nitrogens is 2. The number of fused-ring (bicyclic) bond motifs is 1. The average molecular weight is 395 g/mol. The fourth-order valence-electron chi connectivity index (χ4n) is 4.10. The van der Waals surface area contributed by atoms with Gasteiger partial charge in [-0.05, 0) is 61.6 Å². The van der Waals surface area contributed by atoms with Gasteiger partial charge in [-0.2, -0.15) is 0 Å². The number of carbonyl (C=O) groups is 1. The van der Waals surface area contributed by atoms with E-state index < -0.39 is 6.09 Å². The quantitative estimate of drug-likeness (QED) is 0.683. The van der Waals surface area contributed by atoms with Gasteiger partial charge >= 0.3 is 6.09 Å². The number of methoxy groups -OCH3 is 1. The zero-order valence-electron chi connectivity index (χ0n) is 16.4. The third-order valence-electron chi connectivity index (χ3n) is 5.72. The Morgan fingerprint density at radius 3 is 2.62 bits per heavy atom. The van der Waals surface area contributed by atoms with Gasteiger partial charge in [0.1, 0.15) is 11.6 Å². The molecule has 1 fully saturated rings. The molecule has 0 bridgehead atoms. The summed E-state index contributed by atoms with van der Waals surface area (Å²) in [5, 5.41) is 19.7. The van der Waals surface area contributed by atoms with Gasteiger partial charge in [0.15, 0.2) is 0 Å². The molecule has 0 saturated carbocycles. The Morgan fingerprint density at radius 1 is 1.21 bits per heavy atom. The number of benzene rings is 1. The molecule has 0 spiro atoms. The number of ether oxygens (including phenoxy) is 1. The van der Waals surface area contributed by atoms with E-state index in [0.29, 0.717) is 22.9 Å². The van der Waals surface area contributed by atoms with Gasteiger partial charge in [-0.1, -0.05) is 0 Å². The highest BCUT2D eigenvalue weighted by molar-refractivity contribution is 5.96. The summed E-state index contributed by atoms with van der Waals surface area (Å²) in [7, 11) is 1.59. The van der Waals surface area contributed by atoms with E-state index in [4.69, 9.17) is 9.84 Å². The predicted molar refractivity (Wildman–Crippen MR) is 112 cm³/mol. The lowest BCUT2D eigenvalue weighted by molar-refractivity contribution is 0.198. The van der Waals surface area contributed by atoms with E-state index in [9.17, 15) is 9.90 Å². The van der Waals surface area contributed by atoms with Crippen LogP contribution in [0.2, 0.25) is 0 Å². The lowest BCUT2D eigenvalue weighted by Gasteiger charge is -2.32. The van der Waals surface area contributed by atoms with Crippen LogP contribution in [-0.2, 0) is 0 Å². The number of hydrogen-bond acceptors (Lipinski definition) is 5. The van der Waals surface area contributed by atoms with E-state index in [1.54, 1.807) is 25.4 Å². The molecular formula is C22H25N3O4. The Bertz CT molecular complexity index is 1000. The summed E-state index contributed by atoms with van der Waals surface area (Å²) in [6.45, 7) is 2.10. The summed E-state index contributed by atoms with van der Waals surface area (Å²) >= 11 is 0. The molecule has 1 aromatic carbocycles. The van der Waals surface area contributed by atoms with Crippen LogP contribution in [0.5, 0.6) is 5.75 Å². The summed E-state index contributed by atoms with van der Waals surface area (Å²) in [5.74, 6) is 2.17. The molecule has 7 nitrogen and oxygen atoms in total. The van der Waals surface area contributed by atoms with E-state index in [1.807, 2.05) is 24.3 Å². The summed E-state index contributed by atoms with van der Waals surface area (Å²) < 4.78 is 6.54. The van der Waals surface area contributed by atoms with Crippen molar-refractivity contribution < 1.29 is 19.7 Å². The SMILES string of the molecule is COc1ccc2c(c1)cc(-c1ccc(N3CCC(CCO)CC3)nc1)n2C(=O)O. The Labute approximate surface area is 169 Å². The number of piperidine rings is 1. The molecule has 29 heavy (non-hydrogen) atoms. The Hall–Kier alpha value is -3.06. The van der Waals surface area contributed by atoms with Gasteiger partial charge in [0, 0.05) is 36.8 Å². The molecule has 3 heterocycles. The molecule has 1 aliphatic heterocycles. The number of anilines is 1. The van der Waals surface area contributed by atoms with Crippen molar-refractivity contribution in [1.29, 1.82) is 0 Å². The van der Waals surface area contributed by atoms with Crippen LogP contribution in [0.1, 0.15) is 19.3 Å². The van der Waals surface area contributed by atoms with Crippen LogP contribution in [-0.4, -0.2) is 52.7 Å². The molecule has 3 aromatic rings. The first-order valence-corrected chi connectivity index (χ1v) is 9.85. The van der Waals surface area contributed by atoms with Crippen LogP contribution in [0.4, 0.5) is 10.6 Å². The Kier molecular flexibility index (Phi) is 5.40. The van der Waals surface area contributed by atoms with Crippen molar-refractivity contribution in [3.8, 4) is 17.0 Å². The monoisotopic (exact) mass is 395 g/mol. The molecule has 0 aliphatic carbocycles. The molecule has 2 N–H and O–H groups in total. The third-order valence-corrected chi connectivity index (χ3v) is 5.72. The van der Waals surface area contributed by atoms with Crippen molar-refractivity contribution >= 4 is 22.8 Å². The molecular weight excluding hydrogens is 370 g/mol. The number of aliphatic hydroxyl groups excluding tert-OH is 1. The molecule has 4 rings (SSSR count). The molecule has 0 unspecified atom stereocenters. The molecule has 0 amide bonds. The van der Waals surface area contributed by atoms with Crippen molar-refractivity contribution in [1.82, 2.24) is 9.55 Å². The van der Waals surface area contributed by atoms with Crippen molar-refractivity contribution in [3.05, 3.63) is 42.6 Å². The van der Waals surface area contributed by atoms with E-state index in [1.165, 1.54) is 4.57 Å². The van der Waals surface area contributed by atoms with E-state index >= 15 is 0 Å². The fraction of sp³-hybridized carbons (Fsp3) is 0.364. The van der Waals surface area contributed by atoms with Crippen molar-refractivity contribution in [2.45, 2.75) is 19.3 Å². The van der Waals surface area contributed by atoms with Crippen LogP contribution >= 0.6 is 0 Å². The number of pyridine rings is 1.